The van der Waals surface area contributed by atoms with Crippen molar-refractivity contribution in [2.24, 2.45) is 0 Å². The van der Waals surface area contributed by atoms with Gasteiger partial charge in [-0.25, -0.2) is 4.39 Å². The Morgan fingerprint density at radius 2 is 1.77 bits per heavy atom. The van der Waals surface area contributed by atoms with E-state index in [0.29, 0.717) is 13.1 Å². The minimum Gasteiger partial charge on any atom is -0.368 e. The van der Waals surface area contributed by atoms with Crippen LogP contribution in [0.3, 0.4) is 0 Å². The summed E-state index contributed by atoms with van der Waals surface area (Å²) in [5.41, 5.74) is 2.44. The number of anilines is 2. The number of benzene rings is 2. The van der Waals surface area contributed by atoms with Gasteiger partial charge in [0.25, 0.3) is 0 Å². The first-order chi connectivity index (χ1) is 12.5. The Balaban J connectivity index is 1.50. The van der Waals surface area contributed by atoms with Crippen molar-refractivity contribution in [3.8, 4) is 0 Å². The fraction of sp³-hybridized carbons (Fsp3) is 0.300. The Labute approximate surface area is 152 Å². The van der Waals surface area contributed by atoms with E-state index in [1.165, 1.54) is 17.7 Å². The molecule has 2 aromatic rings. The van der Waals surface area contributed by atoms with Gasteiger partial charge in [0.15, 0.2) is 0 Å². The van der Waals surface area contributed by atoms with Gasteiger partial charge in [-0.05, 0) is 36.8 Å². The fourth-order valence-electron chi connectivity index (χ4n) is 3.04. The van der Waals surface area contributed by atoms with E-state index >= 15 is 0 Å². The lowest BCUT2D eigenvalue weighted by molar-refractivity contribution is -0.134. The molecule has 1 heterocycles. The van der Waals surface area contributed by atoms with Crippen molar-refractivity contribution in [1.29, 1.82) is 0 Å². The maximum Gasteiger partial charge on any atom is 0.233 e. The maximum absolute atomic E-state index is 13.6. The van der Waals surface area contributed by atoms with Crippen LogP contribution in [0.25, 0.3) is 0 Å². The average Bonchev–Trinajstić information content (AvgIpc) is 2.64. The number of piperazine rings is 1. The number of halogens is 1. The van der Waals surface area contributed by atoms with Gasteiger partial charge in [0.1, 0.15) is 12.2 Å². The minimum absolute atomic E-state index is 0.0922. The zero-order chi connectivity index (χ0) is 18.5. The van der Waals surface area contributed by atoms with E-state index in [0.717, 1.165) is 18.8 Å². The van der Waals surface area contributed by atoms with Crippen LogP contribution in [0.4, 0.5) is 15.8 Å². The Bertz CT molecular complexity index is 801. The number of amides is 2. The molecule has 5 nitrogen and oxygen atoms in total. The van der Waals surface area contributed by atoms with Crippen LogP contribution in [0.15, 0.2) is 48.5 Å². The van der Waals surface area contributed by atoms with Gasteiger partial charge in [-0.2, -0.15) is 0 Å². The van der Waals surface area contributed by atoms with Crippen LogP contribution in [0.5, 0.6) is 0 Å². The van der Waals surface area contributed by atoms with Crippen LogP contribution in [-0.2, 0) is 9.59 Å². The third-order valence-electron chi connectivity index (χ3n) is 4.46. The third kappa shape index (κ3) is 4.39. The molecule has 0 unspecified atom stereocenters. The van der Waals surface area contributed by atoms with Gasteiger partial charge in [0, 0.05) is 31.9 Å². The Morgan fingerprint density at radius 1 is 1.04 bits per heavy atom. The van der Waals surface area contributed by atoms with Crippen molar-refractivity contribution in [3.63, 3.8) is 0 Å². The summed E-state index contributed by atoms with van der Waals surface area (Å²) in [6, 6.07) is 14.2. The number of carbonyl (C=O) groups is 2. The van der Waals surface area contributed by atoms with E-state index in [2.05, 4.69) is 35.3 Å². The van der Waals surface area contributed by atoms with Crippen LogP contribution < -0.4 is 10.2 Å². The van der Waals surface area contributed by atoms with Crippen molar-refractivity contribution >= 4 is 23.2 Å². The zero-order valence-corrected chi connectivity index (χ0v) is 14.7. The highest BCUT2D eigenvalue weighted by molar-refractivity contribution is 6.03. The summed E-state index contributed by atoms with van der Waals surface area (Å²) in [4.78, 5) is 28.3. The molecule has 0 aliphatic carbocycles. The summed E-state index contributed by atoms with van der Waals surface area (Å²) in [5, 5.41) is 2.45. The molecule has 0 bridgehead atoms. The van der Waals surface area contributed by atoms with E-state index in [1.807, 2.05) is 6.07 Å². The van der Waals surface area contributed by atoms with Gasteiger partial charge in [0.2, 0.25) is 11.8 Å². The van der Waals surface area contributed by atoms with Crippen LogP contribution in [-0.4, -0.2) is 42.9 Å². The molecular weight excluding hydrogens is 333 g/mol. The maximum atomic E-state index is 13.6. The molecule has 2 amide bonds. The number of hydrogen-bond donors (Lipinski definition) is 1. The van der Waals surface area contributed by atoms with Gasteiger partial charge < -0.3 is 15.1 Å². The molecule has 1 aliphatic rings. The number of carbonyl (C=O) groups excluding carboxylic acids is 2. The van der Waals surface area contributed by atoms with Crippen molar-refractivity contribution in [1.82, 2.24) is 4.90 Å². The molecule has 1 aliphatic heterocycles. The predicted molar refractivity (Wildman–Crippen MR) is 99.6 cm³/mol. The lowest BCUT2D eigenvalue weighted by Gasteiger charge is -2.36. The Morgan fingerprint density at radius 3 is 2.46 bits per heavy atom. The van der Waals surface area contributed by atoms with E-state index in [-0.39, 0.29) is 18.0 Å². The van der Waals surface area contributed by atoms with Crippen molar-refractivity contribution in [2.45, 2.75) is 13.3 Å². The number of hydrogen-bond acceptors (Lipinski definition) is 3. The van der Waals surface area contributed by atoms with Gasteiger partial charge in [-0.15, -0.1) is 0 Å². The first-order valence-electron chi connectivity index (χ1n) is 8.67. The topological polar surface area (TPSA) is 52.7 Å². The first-order valence-corrected chi connectivity index (χ1v) is 8.67. The number of aryl methyl sites for hydroxylation is 1. The van der Waals surface area contributed by atoms with Gasteiger partial charge >= 0.3 is 0 Å². The second kappa shape index (κ2) is 7.99. The molecule has 2 aromatic carbocycles. The molecule has 0 atom stereocenters. The lowest BCUT2D eigenvalue weighted by atomic mass is 10.2. The van der Waals surface area contributed by atoms with E-state index in [1.54, 1.807) is 17.0 Å². The second-order valence-corrected chi connectivity index (χ2v) is 6.41. The highest BCUT2D eigenvalue weighted by Crippen LogP contribution is 2.18. The van der Waals surface area contributed by atoms with Crippen LogP contribution in [0.1, 0.15) is 12.0 Å². The Hall–Kier alpha value is -2.89. The summed E-state index contributed by atoms with van der Waals surface area (Å²) in [6.07, 6.45) is -0.279. The van der Waals surface area contributed by atoms with Crippen LogP contribution >= 0.6 is 0 Å². The largest absolute Gasteiger partial charge is 0.368 e. The SMILES string of the molecule is Cc1cccc(N2CCN(C(=O)CC(=O)Nc3ccccc3F)CC2)c1. The molecule has 1 N–H and O–H groups in total. The van der Waals surface area contributed by atoms with Crippen LogP contribution in [0.2, 0.25) is 0 Å². The summed E-state index contributed by atoms with van der Waals surface area (Å²) in [6.45, 7) is 4.64. The molecule has 3 rings (SSSR count). The van der Waals surface area contributed by atoms with E-state index in [9.17, 15) is 14.0 Å². The summed E-state index contributed by atoms with van der Waals surface area (Å²) < 4.78 is 13.6. The van der Waals surface area contributed by atoms with E-state index in [4.69, 9.17) is 0 Å². The van der Waals surface area contributed by atoms with Crippen molar-refractivity contribution < 1.29 is 14.0 Å². The van der Waals surface area contributed by atoms with Gasteiger partial charge in [-0.1, -0.05) is 24.3 Å². The highest BCUT2D eigenvalue weighted by Gasteiger charge is 2.23. The summed E-state index contributed by atoms with van der Waals surface area (Å²) >= 11 is 0. The fourth-order valence-corrected chi connectivity index (χ4v) is 3.04. The predicted octanol–water partition coefficient (Wildman–Crippen LogP) is 2.81. The monoisotopic (exact) mass is 355 g/mol. The molecule has 1 saturated heterocycles. The molecule has 6 heteroatoms. The average molecular weight is 355 g/mol. The summed E-state index contributed by atoms with van der Waals surface area (Å²) in [5.74, 6) is -1.25. The molecule has 136 valence electrons. The van der Waals surface area contributed by atoms with E-state index < -0.39 is 11.7 Å². The molecule has 0 spiro atoms. The highest BCUT2D eigenvalue weighted by atomic mass is 19.1. The molecule has 0 aromatic heterocycles. The molecule has 0 radical (unpaired) electrons. The quantitative estimate of drug-likeness (QED) is 0.858. The second-order valence-electron chi connectivity index (χ2n) is 6.41. The number of rotatable bonds is 4. The van der Waals surface area contributed by atoms with Gasteiger partial charge in [-0.3, -0.25) is 9.59 Å². The minimum atomic E-state index is -0.514. The Kier molecular flexibility index (Phi) is 5.51. The first kappa shape index (κ1) is 17.9. The van der Waals surface area contributed by atoms with Crippen LogP contribution in [0, 0.1) is 12.7 Å². The third-order valence-corrected chi connectivity index (χ3v) is 4.46. The molecule has 0 saturated carbocycles. The standard InChI is InChI=1S/C20H22FN3O2/c1-15-5-4-6-16(13-15)23-9-11-24(12-10-23)20(26)14-19(25)22-18-8-3-2-7-17(18)21/h2-8,13H,9-12,14H2,1H3,(H,22,25). The number of nitrogens with zero attached hydrogens (tertiary/aromatic N) is 2. The normalized spacial score (nSPS) is 14.2. The smallest absolute Gasteiger partial charge is 0.233 e. The molecular formula is C20H22FN3O2. The summed E-state index contributed by atoms with van der Waals surface area (Å²) in [7, 11) is 0. The van der Waals surface area contributed by atoms with Crippen molar-refractivity contribution in [2.75, 3.05) is 36.4 Å². The zero-order valence-electron chi connectivity index (χ0n) is 14.7. The molecule has 1 fully saturated rings. The van der Waals surface area contributed by atoms with Crippen molar-refractivity contribution in [3.05, 3.63) is 59.9 Å². The lowest BCUT2D eigenvalue weighted by Crippen LogP contribution is -2.49. The van der Waals surface area contributed by atoms with Gasteiger partial charge in [0.05, 0.1) is 5.69 Å². The molecule has 26 heavy (non-hydrogen) atoms. The number of para-hydroxylation sites is 1. The number of nitrogens with one attached hydrogen (secondary N) is 1.